The molecule has 2 atom stereocenters. The van der Waals surface area contributed by atoms with E-state index in [1.165, 1.54) is 12.4 Å². The van der Waals surface area contributed by atoms with Crippen LogP contribution >= 0.6 is 11.6 Å². The Bertz CT molecular complexity index is 583. The molecule has 0 bridgehead atoms. The number of aromatic nitrogens is 2. The second-order valence-electron chi connectivity index (χ2n) is 5.50. The second kappa shape index (κ2) is 6.58. The van der Waals surface area contributed by atoms with Gasteiger partial charge in [0.2, 0.25) is 11.8 Å². The zero-order valence-corrected chi connectivity index (χ0v) is 12.8. The maximum absolute atomic E-state index is 12.3. The monoisotopic (exact) mass is 324 g/mol. The van der Waals surface area contributed by atoms with E-state index in [0.29, 0.717) is 18.8 Å². The van der Waals surface area contributed by atoms with Gasteiger partial charge in [-0.25, -0.2) is 4.98 Å². The van der Waals surface area contributed by atoms with Crippen molar-refractivity contribution >= 4 is 23.4 Å². The highest BCUT2D eigenvalue weighted by atomic mass is 35.5. The van der Waals surface area contributed by atoms with Crippen molar-refractivity contribution in [1.82, 2.24) is 20.2 Å². The summed E-state index contributed by atoms with van der Waals surface area (Å²) in [6.07, 6.45) is 4.57. The first-order valence-electron chi connectivity index (χ1n) is 7.25. The number of halogens is 1. The second-order valence-corrected chi connectivity index (χ2v) is 5.86. The van der Waals surface area contributed by atoms with E-state index in [1.54, 1.807) is 4.90 Å². The fourth-order valence-corrected chi connectivity index (χ4v) is 3.04. The fourth-order valence-electron chi connectivity index (χ4n) is 2.87. The molecule has 1 aromatic rings. The van der Waals surface area contributed by atoms with Gasteiger partial charge in [-0.15, -0.1) is 0 Å². The van der Waals surface area contributed by atoms with Crippen LogP contribution in [0.2, 0.25) is 5.15 Å². The predicted octanol–water partition coefficient (Wildman–Crippen LogP) is 0.384. The van der Waals surface area contributed by atoms with Crippen LogP contribution in [-0.2, 0) is 20.9 Å². The first kappa shape index (κ1) is 15.2. The average molecular weight is 325 g/mol. The highest BCUT2D eigenvalue weighted by molar-refractivity contribution is 6.29. The minimum Gasteiger partial charge on any atom is -0.369 e. The van der Waals surface area contributed by atoms with Gasteiger partial charge in [0.1, 0.15) is 6.61 Å². The molecule has 0 aromatic carbocycles. The molecule has 3 heterocycles. The Morgan fingerprint density at radius 3 is 3.05 bits per heavy atom. The van der Waals surface area contributed by atoms with E-state index < -0.39 is 0 Å². The normalized spacial score (nSPS) is 24.8. The summed E-state index contributed by atoms with van der Waals surface area (Å²) in [6, 6.07) is 0.111. The number of nitrogens with one attached hydrogen (secondary N) is 1. The van der Waals surface area contributed by atoms with Crippen LogP contribution < -0.4 is 5.32 Å². The van der Waals surface area contributed by atoms with Gasteiger partial charge in [0.25, 0.3) is 0 Å². The van der Waals surface area contributed by atoms with E-state index in [9.17, 15) is 9.59 Å². The lowest BCUT2D eigenvalue weighted by atomic mass is 9.91. The Labute approximate surface area is 133 Å². The van der Waals surface area contributed by atoms with Gasteiger partial charge in [-0.3, -0.25) is 14.6 Å². The van der Waals surface area contributed by atoms with Gasteiger partial charge in [-0.2, -0.15) is 0 Å². The van der Waals surface area contributed by atoms with Crippen molar-refractivity contribution in [2.75, 3.05) is 19.8 Å². The van der Waals surface area contributed by atoms with Crippen molar-refractivity contribution < 1.29 is 14.3 Å². The SMILES string of the molecule is O=C(NCc1nccnc1Cl)[C@@H]1CC[C@H]2COCC(=O)N2C1. The largest absolute Gasteiger partial charge is 0.369 e. The number of fused-ring (bicyclic) bond motifs is 1. The quantitative estimate of drug-likeness (QED) is 0.869. The maximum Gasteiger partial charge on any atom is 0.248 e. The molecule has 22 heavy (non-hydrogen) atoms. The number of piperidine rings is 1. The molecular weight excluding hydrogens is 308 g/mol. The van der Waals surface area contributed by atoms with Gasteiger partial charge in [0.05, 0.1) is 30.8 Å². The van der Waals surface area contributed by atoms with E-state index in [-0.39, 0.29) is 42.1 Å². The number of morpholine rings is 1. The van der Waals surface area contributed by atoms with Crippen molar-refractivity contribution in [3.8, 4) is 0 Å². The Morgan fingerprint density at radius 1 is 1.41 bits per heavy atom. The molecule has 2 aliphatic heterocycles. The van der Waals surface area contributed by atoms with E-state index in [0.717, 1.165) is 12.8 Å². The van der Waals surface area contributed by atoms with Gasteiger partial charge in [0.15, 0.2) is 5.15 Å². The molecule has 2 aliphatic rings. The molecule has 0 saturated carbocycles. The molecule has 8 heteroatoms. The Balaban J connectivity index is 1.57. The molecule has 1 aromatic heterocycles. The zero-order chi connectivity index (χ0) is 15.5. The molecule has 0 spiro atoms. The van der Waals surface area contributed by atoms with Crippen molar-refractivity contribution in [2.45, 2.75) is 25.4 Å². The highest BCUT2D eigenvalue weighted by Crippen LogP contribution is 2.25. The third-order valence-corrected chi connectivity index (χ3v) is 4.40. The number of hydrogen-bond acceptors (Lipinski definition) is 5. The minimum absolute atomic E-state index is 0.0364. The summed E-state index contributed by atoms with van der Waals surface area (Å²) in [4.78, 5) is 33.9. The molecule has 2 amide bonds. The summed E-state index contributed by atoms with van der Waals surface area (Å²) < 4.78 is 5.24. The molecule has 1 N–H and O–H groups in total. The number of rotatable bonds is 3. The molecular formula is C14H17ClN4O3. The summed E-state index contributed by atoms with van der Waals surface area (Å²) in [5.41, 5.74) is 0.536. The molecule has 0 unspecified atom stereocenters. The van der Waals surface area contributed by atoms with Crippen LogP contribution in [0.4, 0.5) is 0 Å². The van der Waals surface area contributed by atoms with Crippen LogP contribution in [-0.4, -0.2) is 52.5 Å². The van der Waals surface area contributed by atoms with Crippen molar-refractivity contribution in [2.24, 2.45) is 5.92 Å². The first-order chi connectivity index (χ1) is 10.6. The number of carbonyl (C=O) groups is 2. The Kier molecular flexibility index (Phi) is 4.54. The molecule has 2 saturated heterocycles. The molecule has 3 rings (SSSR count). The summed E-state index contributed by atoms with van der Waals surface area (Å²) in [5, 5.41) is 3.11. The van der Waals surface area contributed by atoms with Crippen LogP contribution in [0.1, 0.15) is 18.5 Å². The fraction of sp³-hybridized carbons (Fsp3) is 0.571. The van der Waals surface area contributed by atoms with Crippen LogP contribution in [0.3, 0.4) is 0 Å². The zero-order valence-electron chi connectivity index (χ0n) is 12.0. The van der Waals surface area contributed by atoms with Crippen LogP contribution in [0, 0.1) is 5.92 Å². The molecule has 0 radical (unpaired) electrons. The van der Waals surface area contributed by atoms with Crippen LogP contribution in [0.5, 0.6) is 0 Å². The molecule has 2 fully saturated rings. The Hall–Kier alpha value is -1.73. The van der Waals surface area contributed by atoms with Crippen LogP contribution in [0.25, 0.3) is 0 Å². The van der Waals surface area contributed by atoms with E-state index in [1.807, 2.05) is 0 Å². The highest BCUT2D eigenvalue weighted by Gasteiger charge is 2.37. The van der Waals surface area contributed by atoms with Crippen molar-refractivity contribution in [3.63, 3.8) is 0 Å². The lowest BCUT2D eigenvalue weighted by Crippen LogP contribution is -2.55. The maximum atomic E-state index is 12.3. The number of nitrogens with zero attached hydrogens (tertiary/aromatic N) is 3. The van der Waals surface area contributed by atoms with Crippen LogP contribution in [0.15, 0.2) is 12.4 Å². The van der Waals surface area contributed by atoms with E-state index >= 15 is 0 Å². The van der Waals surface area contributed by atoms with Gasteiger partial charge in [-0.1, -0.05) is 11.6 Å². The number of amides is 2. The van der Waals surface area contributed by atoms with Gasteiger partial charge in [0, 0.05) is 18.9 Å². The summed E-state index contributed by atoms with van der Waals surface area (Å²) >= 11 is 5.91. The lowest BCUT2D eigenvalue weighted by molar-refractivity contribution is -0.153. The minimum atomic E-state index is -0.200. The standard InChI is InChI=1S/C14H17ClN4O3/c15-13-11(16-3-4-17-13)5-18-14(21)9-1-2-10-7-22-8-12(20)19(10)6-9/h3-4,9-10H,1-2,5-8H2,(H,18,21)/t9-,10+/m1/s1. The smallest absolute Gasteiger partial charge is 0.248 e. The third-order valence-electron chi connectivity index (χ3n) is 4.09. The van der Waals surface area contributed by atoms with Crippen molar-refractivity contribution in [1.29, 1.82) is 0 Å². The summed E-state index contributed by atoms with van der Waals surface area (Å²) in [6.45, 7) is 1.37. The molecule has 118 valence electrons. The van der Waals surface area contributed by atoms with Gasteiger partial charge in [-0.05, 0) is 12.8 Å². The average Bonchev–Trinajstić information content (AvgIpc) is 2.54. The van der Waals surface area contributed by atoms with Gasteiger partial charge >= 0.3 is 0 Å². The topological polar surface area (TPSA) is 84.4 Å². The molecule has 0 aliphatic carbocycles. The summed E-state index contributed by atoms with van der Waals surface area (Å²) in [5.74, 6) is -0.320. The number of ether oxygens (including phenoxy) is 1. The van der Waals surface area contributed by atoms with E-state index in [4.69, 9.17) is 16.3 Å². The predicted molar refractivity (Wildman–Crippen MR) is 77.9 cm³/mol. The van der Waals surface area contributed by atoms with E-state index in [2.05, 4.69) is 15.3 Å². The van der Waals surface area contributed by atoms with Gasteiger partial charge < -0.3 is 15.0 Å². The number of carbonyl (C=O) groups excluding carboxylic acids is 2. The lowest BCUT2D eigenvalue weighted by Gasteiger charge is -2.41. The third kappa shape index (κ3) is 3.20. The molecule has 7 nitrogen and oxygen atoms in total. The Morgan fingerprint density at radius 2 is 2.23 bits per heavy atom. The first-order valence-corrected chi connectivity index (χ1v) is 7.63. The van der Waals surface area contributed by atoms with Crippen molar-refractivity contribution in [3.05, 3.63) is 23.2 Å². The summed E-state index contributed by atoms with van der Waals surface area (Å²) in [7, 11) is 0. The number of hydrogen-bond donors (Lipinski definition) is 1.